The molecule has 1 heterocycles. The molecule has 0 radical (unpaired) electrons. The molecule has 0 aromatic carbocycles. The third-order valence-electron chi connectivity index (χ3n) is 2.00. The monoisotopic (exact) mass is 255 g/mol. The van der Waals surface area contributed by atoms with Crippen LogP contribution in [-0.2, 0) is 4.74 Å². The summed E-state index contributed by atoms with van der Waals surface area (Å²) in [5.41, 5.74) is 0.813. The molecule has 0 bridgehead atoms. The van der Waals surface area contributed by atoms with Crippen molar-refractivity contribution in [1.29, 1.82) is 0 Å². The molecular weight excluding hydrogens is 238 g/mol. The number of anilines is 1. The number of hydrogen-bond acceptors (Lipinski definition) is 4. The minimum absolute atomic E-state index is 0.159. The van der Waals surface area contributed by atoms with Gasteiger partial charge in [0.05, 0.1) is 25.6 Å². The third-order valence-corrected chi connectivity index (χ3v) is 2.22. The Labute approximate surface area is 107 Å². The fraction of sp³-hybridized carbons (Fsp3) is 0.455. The molecule has 0 saturated carbocycles. The maximum atomic E-state index is 5.15. The van der Waals surface area contributed by atoms with Crippen molar-refractivity contribution in [2.45, 2.75) is 13.0 Å². The number of rotatable bonds is 5. The fourth-order valence-electron chi connectivity index (χ4n) is 1.26. The highest BCUT2D eigenvalue weighted by Gasteiger charge is 2.04. The van der Waals surface area contributed by atoms with Gasteiger partial charge in [-0.15, -0.1) is 0 Å². The first-order valence-electron chi connectivity index (χ1n) is 5.22. The smallest absolute Gasteiger partial charge is 0.213 e. The maximum absolute atomic E-state index is 5.15. The van der Waals surface area contributed by atoms with Crippen LogP contribution in [0.3, 0.4) is 0 Å². The minimum Gasteiger partial charge on any atom is -0.481 e. The first kappa shape index (κ1) is 13.7. The minimum atomic E-state index is 0.159. The van der Waals surface area contributed by atoms with Crippen LogP contribution < -0.4 is 15.4 Å². The molecule has 0 fully saturated rings. The van der Waals surface area contributed by atoms with Gasteiger partial charge in [-0.2, -0.15) is 0 Å². The maximum Gasteiger partial charge on any atom is 0.213 e. The summed E-state index contributed by atoms with van der Waals surface area (Å²) in [6.45, 7) is 2.59. The zero-order valence-corrected chi connectivity index (χ0v) is 11.0. The van der Waals surface area contributed by atoms with Crippen molar-refractivity contribution in [3.05, 3.63) is 18.3 Å². The van der Waals surface area contributed by atoms with Crippen LogP contribution in [0, 0.1) is 0 Å². The van der Waals surface area contributed by atoms with Crippen LogP contribution in [0.5, 0.6) is 5.88 Å². The summed E-state index contributed by atoms with van der Waals surface area (Å²) in [6, 6.07) is 3.77. The van der Waals surface area contributed by atoms with Crippen LogP contribution in [0.25, 0.3) is 0 Å². The Morgan fingerprint density at radius 3 is 2.76 bits per heavy atom. The van der Waals surface area contributed by atoms with Gasteiger partial charge in [-0.3, -0.25) is 0 Å². The average Bonchev–Trinajstić information content (AvgIpc) is 2.30. The lowest BCUT2D eigenvalue weighted by Gasteiger charge is -2.16. The van der Waals surface area contributed by atoms with Crippen LogP contribution in [0.4, 0.5) is 5.69 Å². The second kappa shape index (κ2) is 7.03. The molecule has 0 saturated heterocycles. The van der Waals surface area contributed by atoms with E-state index in [4.69, 9.17) is 21.7 Å². The topological polar surface area (TPSA) is 55.4 Å². The van der Waals surface area contributed by atoms with Gasteiger partial charge in [0.15, 0.2) is 5.11 Å². The van der Waals surface area contributed by atoms with E-state index in [1.807, 2.05) is 13.0 Å². The number of methoxy groups -OCH3 is 2. The predicted molar refractivity (Wildman–Crippen MR) is 71.5 cm³/mol. The lowest BCUT2D eigenvalue weighted by atomic mass is 10.4. The molecule has 0 aliphatic rings. The van der Waals surface area contributed by atoms with E-state index in [2.05, 4.69) is 15.6 Å². The molecule has 0 aliphatic heterocycles. The van der Waals surface area contributed by atoms with Crippen molar-refractivity contribution in [3.63, 3.8) is 0 Å². The van der Waals surface area contributed by atoms with E-state index < -0.39 is 0 Å². The molecular formula is C11H17N3O2S. The molecule has 1 atom stereocenters. The first-order valence-corrected chi connectivity index (χ1v) is 5.63. The molecule has 1 rings (SSSR count). The van der Waals surface area contributed by atoms with E-state index in [-0.39, 0.29) is 6.04 Å². The second-order valence-corrected chi connectivity index (χ2v) is 3.95. The van der Waals surface area contributed by atoms with E-state index in [1.165, 1.54) is 0 Å². The molecule has 1 unspecified atom stereocenters. The van der Waals surface area contributed by atoms with E-state index in [0.717, 1.165) is 5.69 Å². The van der Waals surface area contributed by atoms with Gasteiger partial charge >= 0.3 is 0 Å². The molecule has 5 nitrogen and oxygen atoms in total. The van der Waals surface area contributed by atoms with Gasteiger partial charge in [0.2, 0.25) is 5.88 Å². The Morgan fingerprint density at radius 2 is 2.24 bits per heavy atom. The Hall–Kier alpha value is -1.40. The Kier molecular flexibility index (Phi) is 5.65. The summed E-state index contributed by atoms with van der Waals surface area (Å²) in [4.78, 5) is 4.07. The summed E-state index contributed by atoms with van der Waals surface area (Å²) >= 11 is 5.15. The van der Waals surface area contributed by atoms with Crippen LogP contribution in [0.1, 0.15) is 6.92 Å². The Balaban J connectivity index is 2.44. The number of hydrogen-bond donors (Lipinski definition) is 2. The first-order chi connectivity index (χ1) is 8.15. The molecule has 0 spiro atoms. The summed E-state index contributed by atoms with van der Waals surface area (Å²) in [6.07, 6.45) is 1.66. The summed E-state index contributed by atoms with van der Waals surface area (Å²) in [5, 5.41) is 6.67. The number of thiocarbonyl (C=S) groups is 1. The lowest BCUT2D eigenvalue weighted by molar-refractivity contribution is 0.179. The predicted octanol–water partition coefficient (Wildman–Crippen LogP) is 1.41. The van der Waals surface area contributed by atoms with Crippen molar-refractivity contribution in [1.82, 2.24) is 10.3 Å². The molecule has 0 amide bonds. The van der Waals surface area contributed by atoms with E-state index in [0.29, 0.717) is 17.6 Å². The van der Waals surface area contributed by atoms with Crippen molar-refractivity contribution in [2.24, 2.45) is 0 Å². The fourth-order valence-corrected chi connectivity index (χ4v) is 1.58. The van der Waals surface area contributed by atoms with Gasteiger partial charge in [0.1, 0.15) is 0 Å². The zero-order valence-electron chi connectivity index (χ0n) is 10.2. The summed E-state index contributed by atoms with van der Waals surface area (Å²) < 4.78 is 9.97. The number of aromatic nitrogens is 1. The molecule has 0 aliphatic carbocycles. The summed E-state index contributed by atoms with van der Waals surface area (Å²) in [7, 11) is 3.23. The molecule has 17 heavy (non-hydrogen) atoms. The van der Waals surface area contributed by atoms with Crippen LogP contribution in [-0.4, -0.2) is 37.0 Å². The molecule has 1 aromatic heterocycles. The normalized spacial score (nSPS) is 11.7. The highest BCUT2D eigenvalue weighted by atomic mass is 32.1. The largest absolute Gasteiger partial charge is 0.481 e. The number of ether oxygens (including phenoxy) is 2. The highest BCUT2D eigenvalue weighted by Crippen LogP contribution is 2.10. The van der Waals surface area contributed by atoms with Crippen LogP contribution in [0.2, 0.25) is 0 Å². The van der Waals surface area contributed by atoms with Crippen molar-refractivity contribution in [3.8, 4) is 5.88 Å². The third kappa shape index (κ3) is 4.97. The molecule has 2 N–H and O–H groups in total. The van der Waals surface area contributed by atoms with Gasteiger partial charge in [-0.1, -0.05) is 0 Å². The van der Waals surface area contributed by atoms with Crippen LogP contribution >= 0.6 is 12.2 Å². The molecule has 1 aromatic rings. The van der Waals surface area contributed by atoms with Gasteiger partial charge < -0.3 is 20.1 Å². The van der Waals surface area contributed by atoms with Gasteiger partial charge in [-0.05, 0) is 25.2 Å². The van der Waals surface area contributed by atoms with Crippen LogP contribution in [0.15, 0.2) is 18.3 Å². The van der Waals surface area contributed by atoms with E-state index >= 15 is 0 Å². The number of pyridine rings is 1. The quantitative estimate of drug-likeness (QED) is 0.776. The van der Waals surface area contributed by atoms with Gasteiger partial charge in [0.25, 0.3) is 0 Å². The van der Waals surface area contributed by atoms with Crippen molar-refractivity contribution >= 4 is 23.0 Å². The zero-order chi connectivity index (χ0) is 12.7. The Bertz CT molecular complexity index is 356. The van der Waals surface area contributed by atoms with Gasteiger partial charge in [-0.25, -0.2) is 4.98 Å². The summed E-state index contributed by atoms with van der Waals surface area (Å²) in [5.74, 6) is 0.571. The highest BCUT2D eigenvalue weighted by molar-refractivity contribution is 7.80. The standard InChI is InChI=1S/C11H17N3O2S/c1-8(7-15-2)13-11(17)14-9-4-5-10(16-3)12-6-9/h4-6,8H,7H2,1-3H3,(H2,13,14,17). The van der Waals surface area contributed by atoms with Gasteiger partial charge in [0, 0.05) is 19.2 Å². The lowest BCUT2D eigenvalue weighted by Crippen LogP contribution is -2.38. The molecule has 6 heteroatoms. The SMILES string of the molecule is COCC(C)NC(=S)Nc1ccc(OC)nc1. The van der Waals surface area contributed by atoms with Crippen molar-refractivity contribution < 1.29 is 9.47 Å². The Morgan fingerprint density at radius 1 is 1.47 bits per heavy atom. The van der Waals surface area contributed by atoms with E-state index in [1.54, 1.807) is 26.5 Å². The molecule has 94 valence electrons. The second-order valence-electron chi connectivity index (χ2n) is 3.54. The average molecular weight is 255 g/mol. The van der Waals surface area contributed by atoms with Crippen molar-refractivity contribution in [2.75, 3.05) is 26.1 Å². The number of nitrogens with one attached hydrogen (secondary N) is 2. The van der Waals surface area contributed by atoms with E-state index in [9.17, 15) is 0 Å². The number of nitrogens with zero attached hydrogens (tertiary/aromatic N) is 1.